The monoisotopic (exact) mass is 343 g/mol. The van der Waals surface area contributed by atoms with E-state index in [0.29, 0.717) is 17.4 Å². The first-order valence-electron chi connectivity index (χ1n) is 6.76. The predicted octanol–water partition coefficient (Wildman–Crippen LogP) is 3.32. The summed E-state index contributed by atoms with van der Waals surface area (Å²) in [6.45, 7) is 2.63. The van der Waals surface area contributed by atoms with Crippen molar-refractivity contribution in [1.82, 2.24) is 4.31 Å². The minimum Gasteiger partial charge on any atom is -0.207 e. The summed E-state index contributed by atoms with van der Waals surface area (Å²) in [7, 11) is -3.32. The van der Waals surface area contributed by atoms with E-state index in [2.05, 4.69) is 15.9 Å². The number of halogens is 1. The predicted molar refractivity (Wildman–Crippen MR) is 78.5 cm³/mol. The molecule has 3 rings (SSSR count). The van der Waals surface area contributed by atoms with E-state index in [4.69, 9.17) is 0 Å². The fraction of sp³-hybridized carbons (Fsp3) is 0.571. The summed E-state index contributed by atoms with van der Waals surface area (Å²) in [5.41, 5.74) is 0.961. The topological polar surface area (TPSA) is 37.4 Å². The lowest BCUT2D eigenvalue weighted by molar-refractivity contribution is 0.388. The molecular weight excluding hydrogens is 326 g/mol. The number of hydrogen-bond acceptors (Lipinski definition) is 2. The van der Waals surface area contributed by atoms with Crippen molar-refractivity contribution in [3.05, 3.63) is 28.2 Å². The molecule has 0 atom stereocenters. The Bertz CT molecular complexity index is 591. The molecule has 2 aliphatic rings. The van der Waals surface area contributed by atoms with Gasteiger partial charge in [0.25, 0.3) is 0 Å². The van der Waals surface area contributed by atoms with Gasteiger partial charge in [-0.3, -0.25) is 0 Å². The Kier molecular flexibility index (Phi) is 3.48. The molecule has 104 valence electrons. The van der Waals surface area contributed by atoms with Crippen molar-refractivity contribution < 1.29 is 8.42 Å². The zero-order valence-electron chi connectivity index (χ0n) is 11.0. The van der Waals surface area contributed by atoms with Crippen LogP contribution < -0.4 is 0 Å². The van der Waals surface area contributed by atoms with E-state index >= 15 is 0 Å². The summed E-state index contributed by atoms with van der Waals surface area (Å²) in [6.07, 6.45) is 4.39. The highest BCUT2D eigenvalue weighted by Crippen LogP contribution is 2.38. The molecular formula is C14H18BrNO2S. The van der Waals surface area contributed by atoms with Gasteiger partial charge in [-0.25, -0.2) is 8.42 Å². The first-order chi connectivity index (χ1) is 8.98. The second-order valence-electron chi connectivity index (χ2n) is 5.66. The summed E-state index contributed by atoms with van der Waals surface area (Å²) in [4.78, 5) is 0.431. The molecule has 0 bridgehead atoms. The van der Waals surface area contributed by atoms with Gasteiger partial charge in [-0.05, 0) is 62.3 Å². The number of hydrogen-bond donors (Lipinski definition) is 0. The third-order valence-electron chi connectivity index (χ3n) is 3.83. The fourth-order valence-corrected chi connectivity index (χ4v) is 4.37. The van der Waals surface area contributed by atoms with Crippen LogP contribution in [0.2, 0.25) is 0 Å². The first kappa shape index (κ1) is 13.6. The highest BCUT2D eigenvalue weighted by Gasteiger charge is 2.41. The van der Waals surface area contributed by atoms with Crippen molar-refractivity contribution in [2.24, 2.45) is 5.92 Å². The van der Waals surface area contributed by atoms with Gasteiger partial charge in [0.1, 0.15) is 0 Å². The van der Waals surface area contributed by atoms with E-state index in [-0.39, 0.29) is 6.04 Å². The van der Waals surface area contributed by atoms with Gasteiger partial charge < -0.3 is 0 Å². The summed E-state index contributed by atoms with van der Waals surface area (Å²) in [6, 6.07) is 5.54. The Labute approximate surface area is 123 Å². The van der Waals surface area contributed by atoms with Crippen LogP contribution in [0.3, 0.4) is 0 Å². The van der Waals surface area contributed by atoms with Crippen LogP contribution in [-0.2, 0) is 10.0 Å². The van der Waals surface area contributed by atoms with Crippen molar-refractivity contribution in [2.75, 3.05) is 6.54 Å². The van der Waals surface area contributed by atoms with Gasteiger partial charge in [-0.1, -0.05) is 15.9 Å². The smallest absolute Gasteiger partial charge is 0.207 e. The highest BCUT2D eigenvalue weighted by atomic mass is 79.9. The molecule has 2 aliphatic carbocycles. The average Bonchev–Trinajstić information content (AvgIpc) is 3.23. The van der Waals surface area contributed by atoms with Crippen LogP contribution in [0, 0.1) is 12.8 Å². The molecule has 0 heterocycles. The van der Waals surface area contributed by atoms with E-state index in [1.165, 1.54) is 12.8 Å². The lowest BCUT2D eigenvalue weighted by Crippen LogP contribution is -2.35. The van der Waals surface area contributed by atoms with Crippen molar-refractivity contribution in [3.8, 4) is 0 Å². The van der Waals surface area contributed by atoms with Gasteiger partial charge in [0, 0.05) is 17.1 Å². The fourth-order valence-electron chi connectivity index (χ4n) is 2.27. The maximum Gasteiger partial charge on any atom is 0.243 e. The lowest BCUT2D eigenvalue weighted by atomic mass is 10.2. The van der Waals surface area contributed by atoms with Gasteiger partial charge in [-0.15, -0.1) is 0 Å². The van der Waals surface area contributed by atoms with Gasteiger partial charge in [0.05, 0.1) is 4.90 Å². The lowest BCUT2D eigenvalue weighted by Gasteiger charge is -2.22. The van der Waals surface area contributed by atoms with Gasteiger partial charge in [0.15, 0.2) is 0 Å². The minimum absolute atomic E-state index is 0.245. The van der Waals surface area contributed by atoms with Crippen LogP contribution in [0.4, 0.5) is 0 Å². The average molecular weight is 344 g/mol. The number of sulfonamides is 1. The van der Waals surface area contributed by atoms with Crippen molar-refractivity contribution in [2.45, 2.75) is 43.5 Å². The molecule has 19 heavy (non-hydrogen) atoms. The highest BCUT2D eigenvalue weighted by molar-refractivity contribution is 9.10. The number of benzene rings is 1. The molecule has 1 aromatic carbocycles. The Hall–Kier alpha value is -0.390. The number of rotatable bonds is 5. The third kappa shape index (κ3) is 2.88. The molecule has 0 N–H and O–H groups in total. The van der Waals surface area contributed by atoms with Gasteiger partial charge in [0.2, 0.25) is 10.0 Å². The molecule has 0 aromatic heterocycles. The maximum absolute atomic E-state index is 12.8. The molecule has 2 saturated carbocycles. The Morgan fingerprint density at radius 2 is 1.95 bits per heavy atom. The van der Waals surface area contributed by atoms with Crippen LogP contribution in [-0.4, -0.2) is 25.3 Å². The van der Waals surface area contributed by atoms with Crippen molar-refractivity contribution >= 4 is 26.0 Å². The van der Waals surface area contributed by atoms with E-state index in [0.717, 1.165) is 22.9 Å². The van der Waals surface area contributed by atoms with E-state index in [1.54, 1.807) is 16.4 Å². The van der Waals surface area contributed by atoms with E-state index in [9.17, 15) is 8.42 Å². The second kappa shape index (κ2) is 4.86. The number of nitrogens with zero attached hydrogens (tertiary/aromatic N) is 1. The standard InChI is InChI=1S/C14H18BrNO2S/c1-10-8-13(6-7-14(10)15)19(17,18)16(12-4-5-12)9-11-2-3-11/h6-8,11-12H,2-5,9H2,1H3. The van der Waals surface area contributed by atoms with Crippen LogP contribution in [0.1, 0.15) is 31.2 Å². The molecule has 0 saturated heterocycles. The largest absolute Gasteiger partial charge is 0.243 e. The molecule has 0 amide bonds. The van der Waals surface area contributed by atoms with Crippen LogP contribution >= 0.6 is 15.9 Å². The second-order valence-corrected chi connectivity index (χ2v) is 8.41. The molecule has 0 radical (unpaired) electrons. The zero-order chi connectivity index (χ0) is 13.6. The zero-order valence-corrected chi connectivity index (χ0v) is 13.4. The van der Waals surface area contributed by atoms with Crippen LogP contribution in [0.25, 0.3) is 0 Å². The first-order valence-corrected chi connectivity index (χ1v) is 9.00. The molecule has 2 fully saturated rings. The van der Waals surface area contributed by atoms with Gasteiger partial charge in [-0.2, -0.15) is 4.31 Å². The van der Waals surface area contributed by atoms with Crippen molar-refractivity contribution in [1.29, 1.82) is 0 Å². The molecule has 5 heteroatoms. The summed E-state index contributed by atoms with van der Waals surface area (Å²) < 4.78 is 28.2. The third-order valence-corrected chi connectivity index (χ3v) is 6.63. The van der Waals surface area contributed by atoms with E-state index < -0.39 is 10.0 Å². The van der Waals surface area contributed by atoms with Crippen LogP contribution in [0.15, 0.2) is 27.6 Å². The summed E-state index contributed by atoms with van der Waals surface area (Å²) in [5.74, 6) is 0.590. The van der Waals surface area contributed by atoms with Gasteiger partial charge >= 0.3 is 0 Å². The van der Waals surface area contributed by atoms with Crippen molar-refractivity contribution in [3.63, 3.8) is 0 Å². The normalized spacial score (nSPS) is 19.9. The number of aryl methyl sites for hydroxylation is 1. The molecule has 3 nitrogen and oxygen atoms in total. The molecule has 1 aromatic rings. The maximum atomic E-state index is 12.8. The minimum atomic E-state index is -3.32. The SMILES string of the molecule is Cc1cc(S(=O)(=O)N(CC2CC2)C2CC2)ccc1Br. The molecule has 0 spiro atoms. The Balaban J connectivity index is 1.92. The summed E-state index contributed by atoms with van der Waals surface area (Å²) in [5, 5.41) is 0. The molecule has 0 unspecified atom stereocenters. The Morgan fingerprint density at radius 1 is 1.26 bits per heavy atom. The quantitative estimate of drug-likeness (QED) is 0.822. The molecule has 0 aliphatic heterocycles. The van der Waals surface area contributed by atoms with E-state index in [1.807, 2.05) is 13.0 Å². The van der Waals surface area contributed by atoms with Crippen LogP contribution in [0.5, 0.6) is 0 Å². The Morgan fingerprint density at radius 3 is 2.47 bits per heavy atom. The summed E-state index contributed by atoms with van der Waals surface area (Å²) >= 11 is 3.42.